The zero-order chi connectivity index (χ0) is 11.8. The molecule has 0 bridgehead atoms. The van der Waals surface area contributed by atoms with Gasteiger partial charge >= 0.3 is 0 Å². The molecule has 0 atom stereocenters. The van der Waals surface area contributed by atoms with Crippen molar-refractivity contribution in [2.75, 3.05) is 6.54 Å². The fraction of sp³-hybridized carbons (Fsp3) is 0.727. The highest BCUT2D eigenvalue weighted by Gasteiger charge is 2.14. The number of aryl methyl sites for hydroxylation is 1. The lowest BCUT2D eigenvalue weighted by atomic mass is 10.2. The minimum atomic E-state index is -0.0189. The van der Waals surface area contributed by atoms with E-state index in [0.717, 1.165) is 37.9 Å². The van der Waals surface area contributed by atoms with Crippen molar-refractivity contribution in [3.63, 3.8) is 0 Å². The van der Waals surface area contributed by atoms with Crippen molar-refractivity contribution >= 4 is 17.4 Å². The lowest BCUT2D eigenvalue weighted by Gasteiger charge is -2.03. The van der Waals surface area contributed by atoms with Gasteiger partial charge in [-0.3, -0.25) is 4.79 Å². The van der Waals surface area contributed by atoms with Crippen LogP contribution < -0.4 is 5.32 Å². The molecule has 0 unspecified atom stereocenters. The number of nitrogens with one attached hydrogen (secondary N) is 1. The zero-order valence-electron chi connectivity index (χ0n) is 9.95. The molecule has 1 aromatic heterocycles. The van der Waals surface area contributed by atoms with E-state index in [9.17, 15) is 4.79 Å². The third kappa shape index (κ3) is 3.89. The molecule has 90 valence electrons. The number of carbonyl (C=O) groups is 1. The molecule has 0 fully saturated rings. The Morgan fingerprint density at radius 3 is 2.81 bits per heavy atom. The van der Waals surface area contributed by atoms with Gasteiger partial charge in [0, 0.05) is 6.54 Å². The molecule has 1 heterocycles. The van der Waals surface area contributed by atoms with Crippen molar-refractivity contribution in [2.24, 2.45) is 0 Å². The van der Waals surface area contributed by atoms with Crippen LogP contribution in [0.15, 0.2) is 0 Å². The zero-order valence-corrected chi connectivity index (χ0v) is 10.8. The average molecular weight is 241 g/mol. The quantitative estimate of drug-likeness (QED) is 0.746. The van der Waals surface area contributed by atoms with Gasteiger partial charge in [0.25, 0.3) is 5.91 Å². The number of unbranched alkanes of at least 4 members (excludes halogenated alkanes) is 2. The van der Waals surface area contributed by atoms with Crippen LogP contribution in [0.25, 0.3) is 0 Å². The third-order valence-corrected chi connectivity index (χ3v) is 3.08. The van der Waals surface area contributed by atoms with Crippen LogP contribution in [0.2, 0.25) is 0 Å². The Morgan fingerprint density at radius 2 is 2.12 bits per heavy atom. The number of nitrogens with zero attached hydrogens (tertiary/aromatic N) is 2. The predicted octanol–water partition coefficient (Wildman–Crippen LogP) is 2.41. The lowest BCUT2D eigenvalue weighted by molar-refractivity contribution is 0.0956. The van der Waals surface area contributed by atoms with Gasteiger partial charge in [-0.15, -0.1) is 5.10 Å². The summed E-state index contributed by atoms with van der Waals surface area (Å²) in [7, 11) is 0. The maximum atomic E-state index is 11.8. The Hall–Kier alpha value is -0.970. The summed E-state index contributed by atoms with van der Waals surface area (Å²) in [5.74, 6) is -0.0189. The van der Waals surface area contributed by atoms with E-state index in [1.807, 2.05) is 0 Å². The van der Waals surface area contributed by atoms with Crippen LogP contribution >= 0.6 is 11.5 Å². The molecule has 0 saturated heterocycles. The highest BCUT2D eigenvalue weighted by molar-refractivity contribution is 7.08. The number of rotatable bonds is 7. The molecule has 4 nitrogen and oxygen atoms in total. The molecule has 0 aliphatic carbocycles. The van der Waals surface area contributed by atoms with E-state index in [2.05, 4.69) is 28.8 Å². The maximum absolute atomic E-state index is 11.8. The van der Waals surface area contributed by atoms with Gasteiger partial charge in [0.1, 0.15) is 4.88 Å². The number of hydrogen-bond donors (Lipinski definition) is 1. The fourth-order valence-electron chi connectivity index (χ4n) is 1.44. The van der Waals surface area contributed by atoms with Crippen LogP contribution in [-0.2, 0) is 6.42 Å². The van der Waals surface area contributed by atoms with E-state index in [1.165, 1.54) is 18.0 Å². The van der Waals surface area contributed by atoms with Crippen LogP contribution in [0.4, 0.5) is 0 Å². The second-order valence-corrected chi connectivity index (χ2v) is 4.52. The van der Waals surface area contributed by atoms with Crippen LogP contribution in [0, 0.1) is 0 Å². The van der Waals surface area contributed by atoms with Crippen molar-refractivity contribution < 1.29 is 4.79 Å². The summed E-state index contributed by atoms with van der Waals surface area (Å²) in [6, 6.07) is 0. The number of hydrogen-bond acceptors (Lipinski definition) is 4. The molecule has 5 heteroatoms. The predicted molar refractivity (Wildman–Crippen MR) is 65.8 cm³/mol. The first kappa shape index (κ1) is 13.1. The Labute approximate surface area is 101 Å². The summed E-state index contributed by atoms with van der Waals surface area (Å²) in [4.78, 5) is 12.5. The van der Waals surface area contributed by atoms with E-state index >= 15 is 0 Å². The summed E-state index contributed by atoms with van der Waals surface area (Å²) in [6.45, 7) is 4.96. The van der Waals surface area contributed by atoms with E-state index in [4.69, 9.17) is 0 Å². The van der Waals surface area contributed by atoms with Crippen LogP contribution in [0.3, 0.4) is 0 Å². The van der Waals surface area contributed by atoms with E-state index in [-0.39, 0.29) is 5.91 Å². The van der Waals surface area contributed by atoms with Crippen LogP contribution in [-0.4, -0.2) is 22.0 Å². The fourth-order valence-corrected chi connectivity index (χ4v) is 2.06. The van der Waals surface area contributed by atoms with E-state index in [0.29, 0.717) is 4.88 Å². The van der Waals surface area contributed by atoms with Crippen molar-refractivity contribution in [1.82, 2.24) is 14.9 Å². The first-order chi connectivity index (χ1) is 7.79. The van der Waals surface area contributed by atoms with Gasteiger partial charge in [0.2, 0.25) is 0 Å². The average Bonchev–Trinajstić information content (AvgIpc) is 2.73. The highest BCUT2D eigenvalue weighted by Crippen LogP contribution is 2.12. The number of aromatic nitrogens is 2. The van der Waals surface area contributed by atoms with Gasteiger partial charge in [-0.05, 0) is 24.4 Å². The highest BCUT2D eigenvalue weighted by atomic mass is 32.1. The van der Waals surface area contributed by atoms with Gasteiger partial charge in [-0.2, -0.15) is 0 Å². The second kappa shape index (κ2) is 7.33. The Morgan fingerprint density at radius 1 is 1.31 bits per heavy atom. The van der Waals surface area contributed by atoms with Gasteiger partial charge in [-0.1, -0.05) is 37.6 Å². The largest absolute Gasteiger partial charge is 0.351 e. The summed E-state index contributed by atoms with van der Waals surface area (Å²) >= 11 is 1.19. The number of amides is 1. The van der Waals surface area contributed by atoms with Gasteiger partial charge in [0.15, 0.2) is 0 Å². The topological polar surface area (TPSA) is 54.9 Å². The third-order valence-electron chi connectivity index (χ3n) is 2.31. The molecule has 1 N–H and O–H groups in total. The molecule has 0 radical (unpaired) electrons. The molecule has 1 amide bonds. The van der Waals surface area contributed by atoms with Crippen LogP contribution in [0.1, 0.15) is 54.9 Å². The SMILES string of the molecule is CCCCCNC(=O)c1snnc1CCC. The molecule has 0 saturated carbocycles. The minimum Gasteiger partial charge on any atom is -0.351 e. The molecule has 1 aromatic rings. The van der Waals surface area contributed by atoms with Crippen LogP contribution in [0.5, 0.6) is 0 Å². The van der Waals surface area contributed by atoms with Gasteiger partial charge in [-0.25, -0.2) is 0 Å². The standard InChI is InChI=1S/C11H19N3OS/c1-3-5-6-8-12-11(15)10-9(7-4-2)13-14-16-10/h3-8H2,1-2H3,(H,12,15). The van der Waals surface area contributed by atoms with E-state index < -0.39 is 0 Å². The molecular formula is C11H19N3OS. The van der Waals surface area contributed by atoms with Crippen molar-refractivity contribution in [1.29, 1.82) is 0 Å². The Kier molecular flexibility index (Phi) is 6.00. The molecule has 16 heavy (non-hydrogen) atoms. The molecule has 0 spiro atoms. The summed E-state index contributed by atoms with van der Waals surface area (Å²) in [6.07, 6.45) is 5.18. The molecule has 0 aromatic carbocycles. The Balaban J connectivity index is 2.42. The number of carbonyl (C=O) groups excluding carboxylic acids is 1. The molecule has 0 aliphatic rings. The van der Waals surface area contributed by atoms with Crippen molar-refractivity contribution in [2.45, 2.75) is 46.0 Å². The normalized spacial score (nSPS) is 10.4. The minimum absolute atomic E-state index is 0.0189. The maximum Gasteiger partial charge on any atom is 0.264 e. The first-order valence-corrected chi connectivity index (χ1v) is 6.66. The lowest BCUT2D eigenvalue weighted by Crippen LogP contribution is -2.24. The van der Waals surface area contributed by atoms with Gasteiger partial charge in [0.05, 0.1) is 5.69 Å². The van der Waals surface area contributed by atoms with Crippen molar-refractivity contribution in [3.05, 3.63) is 10.6 Å². The molecule has 1 rings (SSSR count). The van der Waals surface area contributed by atoms with E-state index in [1.54, 1.807) is 0 Å². The smallest absolute Gasteiger partial charge is 0.264 e. The summed E-state index contributed by atoms with van der Waals surface area (Å²) in [5, 5.41) is 6.89. The Bertz CT molecular complexity index is 325. The summed E-state index contributed by atoms with van der Waals surface area (Å²) < 4.78 is 3.84. The summed E-state index contributed by atoms with van der Waals surface area (Å²) in [5.41, 5.74) is 0.834. The molecular weight excluding hydrogens is 222 g/mol. The van der Waals surface area contributed by atoms with Gasteiger partial charge < -0.3 is 5.32 Å². The second-order valence-electron chi connectivity index (χ2n) is 3.76. The first-order valence-electron chi connectivity index (χ1n) is 5.89. The monoisotopic (exact) mass is 241 g/mol. The molecule has 0 aliphatic heterocycles. The van der Waals surface area contributed by atoms with Crippen molar-refractivity contribution in [3.8, 4) is 0 Å².